The summed E-state index contributed by atoms with van der Waals surface area (Å²) < 4.78 is 0. The Morgan fingerprint density at radius 3 is 2.68 bits per heavy atom. The largest absolute Gasteiger partial charge is 0.478 e. The number of hydrogen-bond acceptors (Lipinski definition) is 5. The van der Waals surface area contributed by atoms with E-state index in [0.717, 1.165) is 0 Å². The van der Waals surface area contributed by atoms with Crippen LogP contribution in [0, 0.1) is 10.1 Å². The SMILES string of the molecule is CC1=C(C(=O)O)C(c2cccc(Cl)c2)C([N+](=O)[O-])=C(c2cccs2)N1. The lowest BCUT2D eigenvalue weighted by atomic mass is 9.84. The first-order valence-corrected chi connectivity index (χ1v) is 8.55. The second-order valence-corrected chi connectivity index (χ2v) is 6.84. The van der Waals surface area contributed by atoms with E-state index in [9.17, 15) is 20.0 Å². The molecule has 0 spiro atoms. The van der Waals surface area contributed by atoms with Crippen LogP contribution in [0.5, 0.6) is 0 Å². The zero-order valence-electron chi connectivity index (χ0n) is 13.0. The summed E-state index contributed by atoms with van der Waals surface area (Å²) in [6.07, 6.45) is 0. The van der Waals surface area contributed by atoms with Gasteiger partial charge in [-0.1, -0.05) is 29.8 Å². The number of benzene rings is 1. The lowest BCUT2D eigenvalue weighted by Gasteiger charge is -2.26. The van der Waals surface area contributed by atoms with Crippen molar-refractivity contribution < 1.29 is 14.8 Å². The molecular formula is C17H13ClN2O4S. The van der Waals surface area contributed by atoms with E-state index in [1.54, 1.807) is 43.3 Å². The molecule has 0 fully saturated rings. The van der Waals surface area contributed by atoms with Gasteiger partial charge in [-0.25, -0.2) is 4.79 Å². The number of nitrogens with zero attached hydrogens (tertiary/aromatic N) is 1. The monoisotopic (exact) mass is 376 g/mol. The van der Waals surface area contributed by atoms with Gasteiger partial charge in [-0.2, -0.15) is 0 Å². The van der Waals surface area contributed by atoms with Crippen molar-refractivity contribution in [2.75, 3.05) is 0 Å². The van der Waals surface area contributed by atoms with Gasteiger partial charge in [-0.3, -0.25) is 10.1 Å². The third-order valence-corrected chi connectivity index (χ3v) is 5.03. The van der Waals surface area contributed by atoms with E-state index in [2.05, 4.69) is 5.32 Å². The smallest absolute Gasteiger partial charge is 0.334 e. The molecule has 1 atom stereocenters. The maximum Gasteiger partial charge on any atom is 0.334 e. The second kappa shape index (κ2) is 6.70. The minimum absolute atomic E-state index is 0.0609. The first-order valence-electron chi connectivity index (χ1n) is 7.29. The van der Waals surface area contributed by atoms with Crippen LogP contribution in [-0.4, -0.2) is 16.0 Å². The maximum atomic E-state index is 11.9. The van der Waals surface area contributed by atoms with E-state index >= 15 is 0 Å². The lowest BCUT2D eigenvalue weighted by Crippen LogP contribution is -2.30. The molecule has 25 heavy (non-hydrogen) atoms. The number of carboxylic acid groups (broad SMARTS) is 1. The van der Waals surface area contributed by atoms with Crippen molar-refractivity contribution in [1.29, 1.82) is 0 Å². The molecule has 0 bridgehead atoms. The van der Waals surface area contributed by atoms with E-state index in [0.29, 0.717) is 26.9 Å². The van der Waals surface area contributed by atoms with Crippen molar-refractivity contribution in [2.24, 2.45) is 0 Å². The minimum Gasteiger partial charge on any atom is -0.478 e. The summed E-state index contributed by atoms with van der Waals surface area (Å²) in [4.78, 5) is 23.8. The molecule has 1 aliphatic rings. The average Bonchev–Trinajstić information content (AvgIpc) is 3.07. The van der Waals surface area contributed by atoms with Crippen LogP contribution in [-0.2, 0) is 4.79 Å². The third-order valence-electron chi connectivity index (χ3n) is 3.91. The molecule has 0 aliphatic carbocycles. The van der Waals surface area contributed by atoms with E-state index in [4.69, 9.17) is 11.6 Å². The number of rotatable bonds is 4. The van der Waals surface area contributed by atoms with E-state index < -0.39 is 16.8 Å². The topological polar surface area (TPSA) is 92.5 Å². The van der Waals surface area contributed by atoms with Crippen LogP contribution in [0.25, 0.3) is 5.70 Å². The molecule has 6 nitrogen and oxygen atoms in total. The van der Waals surface area contributed by atoms with Gasteiger partial charge in [0.1, 0.15) is 11.6 Å². The molecule has 2 aromatic rings. The van der Waals surface area contributed by atoms with Crippen LogP contribution in [0.1, 0.15) is 23.3 Å². The summed E-state index contributed by atoms with van der Waals surface area (Å²) in [5.74, 6) is -2.23. The van der Waals surface area contributed by atoms with Gasteiger partial charge in [-0.05, 0) is 36.1 Å². The number of thiophene rings is 1. The number of nitro groups is 1. The normalized spacial score (nSPS) is 17.4. The zero-order chi connectivity index (χ0) is 18.1. The Bertz CT molecular complexity index is 918. The van der Waals surface area contributed by atoms with Crippen molar-refractivity contribution >= 4 is 34.6 Å². The van der Waals surface area contributed by atoms with Gasteiger partial charge in [0.05, 0.1) is 15.4 Å². The Morgan fingerprint density at radius 1 is 1.36 bits per heavy atom. The fourth-order valence-corrected chi connectivity index (χ4v) is 3.85. The molecule has 0 saturated carbocycles. The van der Waals surface area contributed by atoms with Gasteiger partial charge in [0.2, 0.25) is 0 Å². The van der Waals surface area contributed by atoms with Gasteiger partial charge >= 0.3 is 5.97 Å². The number of aliphatic carboxylic acids is 1. The molecule has 0 amide bonds. The van der Waals surface area contributed by atoms with Crippen molar-refractivity contribution in [3.05, 3.63) is 84.3 Å². The summed E-state index contributed by atoms with van der Waals surface area (Å²) in [6, 6.07) is 10.0. The Morgan fingerprint density at radius 2 is 2.12 bits per heavy atom. The van der Waals surface area contributed by atoms with Gasteiger partial charge in [0.15, 0.2) is 0 Å². The standard InChI is InChI=1S/C17H13ClN2O4S/c1-9-13(17(21)22)14(10-4-2-5-11(18)8-10)16(20(23)24)15(19-9)12-6-3-7-25-12/h2-8,14,19H,1H3,(H,21,22). The highest BCUT2D eigenvalue weighted by Gasteiger charge is 2.42. The summed E-state index contributed by atoms with van der Waals surface area (Å²) in [6.45, 7) is 1.60. The number of halogens is 1. The zero-order valence-corrected chi connectivity index (χ0v) is 14.6. The molecule has 3 rings (SSSR count). The van der Waals surface area contributed by atoms with E-state index in [-0.39, 0.29) is 11.3 Å². The molecule has 0 radical (unpaired) electrons. The predicted octanol–water partition coefficient (Wildman–Crippen LogP) is 4.09. The number of allylic oxidation sites excluding steroid dienone is 2. The van der Waals surface area contributed by atoms with Crippen molar-refractivity contribution in [3.63, 3.8) is 0 Å². The van der Waals surface area contributed by atoms with Crippen LogP contribution in [0.2, 0.25) is 5.02 Å². The fourth-order valence-electron chi connectivity index (χ4n) is 2.92. The molecule has 0 saturated heterocycles. The first kappa shape index (κ1) is 17.2. The molecule has 1 unspecified atom stereocenters. The summed E-state index contributed by atoms with van der Waals surface area (Å²) in [5.41, 5.74) is 0.882. The summed E-state index contributed by atoms with van der Waals surface area (Å²) in [7, 11) is 0. The number of nitrogens with one attached hydrogen (secondary N) is 1. The lowest BCUT2D eigenvalue weighted by molar-refractivity contribution is -0.428. The van der Waals surface area contributed by atoms with Gasteiger partial charge in [0, 0.05) is 10.7 Å². The molecule has 2 heterocycles. The first-order chi connectivity index (χ1) is 11.9. The average molecular weight is 377 g/mol. The quantitative estimate of drug-likeness (QED) is 0.619. The van der Waals surface area contributed by atoms with Crippen LogP contribution in [0.15, 0.2) is 58.7 Å². The van der Waals surface area contributed by atoms with Crippen molar-refractivity contribution in [3.8, 4) is 0 Å². The van der Waals surface area contributed by atoms with Crippen molar-refractivity contribution in [1.82, 2.24) is 5.32 Å². The van der Waals surface area contributed by atoms with Crippen LogP contribution in [0.3, 0.4) is 0 Å². The van der Waals surface area contributed by atoms with E-state index in [1.807, 2.05) is 5.38 Å². The van der Waals surface area contributed by atoms with Crippen LogP contribution in [0.4, 0.5) is 0 Å². The van der Waals surface area contributed by atoms with Gasteiger partial charge < -0.3 is 10.4 Å². The Hall–Kier alpha value is -2.64. The van der Waals surface area contributed by atoms with E-state index in [1.165, 1.54) is 11.3 Å². The highest BCUT2D eigenvalue weighted by Crippen LogP contribution is 2.42. The van der Waals surface area contributed by atoms with Crippen LogP contribution >= 0.6 is 22.9 Å². The Labute approximate surface area is 152 Å². The highest BCUT2D eigenvalue weighted by atomic mass is 35.5. The summed E-state index contributed by atoms with van der Waals surface area (Å²) >= 11 is 7.37. The molecule has 1 aromatic heterocycles. The molecular weight excluding hydrogens is 364 g/mol. The van der Waals surface area contributed by atoms with Gasteiger partial charge in [-0.15, -0.1) is 11.3 Å². The number of hydrogen-bond donors (Lipinski definition) is 2. The van der Waals surface area contributed by atoms with Crippen LogP contribution < -0.4 is 5.32 Å². The number of dihydropyridines is 1. The minimum atomic E-state index is -1.21. The fraction of sp³-hybridized carbons (Fsp3) is 0.118. The maximum absolute atomic E-state index is 11.9. The second-order valence-electron chi connectivity index (χ2n) is 5.45. The Balaban J connectivity index is 2.30. The third kappa shape index (κ3) is 3.16. The molecule has 1 aliphatic heterocycles. The molecule has 2 N–H and O–H groups in total. The molecule has 128 valence electrons. The highest BCUT2D eigenvalue weighted by molar-refractivity contribution is 7.11. The Kier molecular flexibility index (Phi) is 4.61. The predicted molar refractivity (Wildman–Crippen MR) is 95.9 cm³/mol. The molecule has 8 heteroatoms. The van der Waals surface area contributed by atoms with Gasteiger partial charge in [0.25, 0.3) is 5.70 Å². The summed E-state index contributed by atoms with van der Waals surface area (Å²) in [5, 5.41) is 26.6. The van der Waals surface area contributed by atoms with Crippen molar-refractivity contribution in [2.45, 2.75) is 12.8 Å². The molecule has 1 aromatic carbocycles. The number of carboxylic acids is 1. The number of carbonyl (C=O) groups is 1.